The molecule has 0 atom stereocenters. The number of hydrogen-bond acceptors (Lipinski definition) is 4. The number of fused-ring (bicyclic) bond motifs is 8. The van der Waals surface area contributed by atoms with Crippen molar-refractivity contribution in [1.82, 2.24) is 0 Å². The van der Waals surface area contributed by atoms with Crippen LogP contribution in [0.3, 0.4) is 0 Å². The molecule has 9 aromatic carbocycles. The molecule has 4 heteroatoms. The topological polar surface area (TPSA) is 32.8 Å². The normalized spacial score (nSPS) is 15.2. The molecule has 2 aliphatic carbocycles. The number of anilines is 6. The Morgan fingerprint density at radius 2 is 0.636 bits per heavy atom. The Kier molecular flexibility index (Phi) is 9.65. The van der Waals surface area contributed by atoms with E-state index >= 15 is 0 Å². The van der Waals surface area contributed by atoms with Gasteiger partial charge in [-0.05, 0) is 179 Å². The molecule has 0 amide bonds. The summed E-state index contributed by atoms with van der Waals surface area (Å²) in [6, 6.07) is 67.0. The van der Waals surface area contributed by atoms with Crippen LogP contribution < -0.4 is 9.80 Å². The van der Waals surface area contributed by atoms with Crippen molar-refractivity contribution in [1.29, 1.82) is 0 Å². The standard InChI is InChI=1S/C62H52N2O2/c1-5-13-41(14-6-1)43-21-27-51(28-22-43)63(49-17-9-3-10-18-49)53-31-25-45-35-55-57-39-62-58(40-61(57)65-59(55)37-47(45)33-53)56-36-46-26-32-54(34-48(46)38-60(56)66-62)64(50-19-11-4-12-20-50)52-29-23-44(24-30-52)42-15-7-2-8-16-42/h3-4,9-12,17-42H,1-2,5-8,13-16H2. The molecule has 2 aliphatic rings. The molecule has 13 rings (SSSR count). The quantitative estimate of drug-likeness (QED) is 0.152. The lowest BCUT2D eigenvalue weighted by molar-refractivity contribution is 0.443. The van der Waals surface area contributed by atoms with Crippen molar-refractivity contribution in [2.24, 2.45) is 0 Å². The highest BCUT2D eigenvalue weighted by Crippen LogP contribution is 2.44. The highest BCUT2D eigenvalue weighted by molar-refractivity contribution is 6.18. The first-order valence-electron chi connectivity index (χ1n) is 24.3. The fourth-order valence-electron chi connectivity index (χ4n) is 11.5. The maximum atomic E-state index is 6.72. The zero-order valence-electron chi connectivity index (χ0n) is 37.3. The molecule has 0 unspecified atom stereocenters. The Bertz CT molecular complexity index is 3300. The predicted octanol–water partition coefficient (Wildman–Crippen LogP) is 18.8. The summed E-state index contributed by atoms with van der Waals surface area (Å²) in [6.07, 6.45) is 13.3. The van der Waals surface area contributed by atoms with E-state index in [4.69, 9.17) is 8.83 Å². The zero-order chi connectivity index (χ0) is 43.6. The molecule has 66 heavy (non-hydrogen) atoms. The van der Waals surface area contributed by atoms with E-state index in [1.165, 1.54) is 86.1 Å². The average Bonchev–Trinajstić information content (AvgIpc) is 3.91. The number of hydrogen-bond donors (Lipinski definition) is 0. The molecule has 0 saturated heterocycles. The van der Waals surface area contributed by atoms with E-state index < -0.39 is 0 Å². The number of furan rings is 2. The van der Waals surface area contributed by atoms with E-state index in [0.717, 1.165) is 88.8 Å². The van der Waals surface area contributed by atoms with Gasteiger partial charge in [-0.3, -0.25) is 0 Å². The highest BCUT2D eigenvalue weighted by atomic mass is 16.3. The van der Waals surface area contributed by atoms with E-state index in [2.05, 4.69) is 192 Å². The molecule has 2 saturated carbocycles. The predicted molar refractivity (Wildman–Crippen MR) is 277 cm³/mol. The first-order valence-corrected chi connectivity index (χ1v) is 24.3. The Morgan fingerprint density at radius 1 is 0.288 bits per heavy atom. The highest BCUT2D eigenvalue weighted by Gasteiger charge is 2.21. The lowest BCUT2D eigenvalue weighted by Gasteiger charge is -2.27. The largest absolute Gasteiger partial charge is 0.456 e. The summed E-state index contributed by atoms with van der Waals surface area (Å²) in [5, 5.41) is 8.93. The van der Waals surface area contributed by atoms with Gasteiger partial charge in [0.25, 0.3) is 0 Å². The van der Waals surface area contributed by atoms with Crippen molar-refractivity contribution < 1.29 is 8.83 Å². The fraction of sp³-hybridized carbons (Fsp3) is 0.194. The Morgan fingerprint density at radius 3 is 1.05 bits per heavy atom. The van der Waals surface area contributed by atoms with Crippen molar-refractivity contribution >= 4 is 99.5 Å². The molecule has 0 N–H and O–H groups in total. The van der Waals surface area contributed by atoms with Crippen LogP contribution in [0.15, 0.2) is 191 Å². The van der Waals surface area contributed by atoms with E-state index in [1.807, 2.05) is 0 Å². The molecule has 2 fully saturated rings. The maximum absolute atomic E-state index is 6.72. The third kappa shape index (κ3) is 6.98. The van der Waals surface area contributed by atoms with Gasteiger partial charge in [-0.1, -0.05) is 111 Å². The van der Waals surface area contributed by atoms with Gasteiger partial charge in [-0.2, -0.15) is 0 Å². The molecule has 2 aromatic heterocycles. The molecule has 0 aliphatic heterocycles. The van der Waals surface area contributed by atoms with Gasteiger partial charge in [0, 0.05) is 55.7 Å². The lowest BCUT2D eigenvalue weighted by Crippen LogP contribution is -2.10. The molecule has 322 valence electrons. The summed E-state index contributed by atoms with van der Waals surface area (Å²) in [4.78, 5) is 4.73. The lowest BCUT2D eigenvalue weighted by atomic mass is 9.84. The van der Waals surface area contributed by atoms with Crippen LogP contribution >= 0.6 is 0 Å². The van der Waals surface area contributed by atoms with Crippen molar-refractivity contribution in [2.75, 3.05) is 9.80 Å². The second-order valence-corrected chi connectivity index (χ2v) is 19.0. The monoisotopic (exact) mass is 856 g/mol. The minimum atomic E-state index is 0.679. The Labute approximate surface area is 385 Å². The number of benzene rings is 9. The van der Waals surface area contributed by atoms with Gasteiger partial charge in [-0.15, -0.1) is 0 Å². The van der Waals surface area contributed by atoms with Gasteiger partial charge < -0.3 is 18.6 Å². The van der Waals surface area contributed by atoms with Crippen molar-refractivity contribution in [2.45, 2.75) is 76.0 Å². The van der Waals surface area contributed by atoms with Gasteiger partial charge in [-0.25, -0.2) is 0 Å². The summed E-state index contributed by atoms with van der Waals surface area (Å²) < 4.78 is 13.4. The summed E-state index contributed by atoms with van der Waals surface area (Å²) in [5.41, 5.74) is 13.3. The molecular weight excluding hydrogens is 805 g/mol. The fourth-order valence-corrected chi connectivity index (χ4v) is 11.5. The molecule has 11 aromatic rings. The summed E-state index contributed by atoms with van der Waals surface area (Å²) in [7, 11) is 0. The molecular formula is C62H52N2O2. The molecule has 4 nitrogen and oxygen atoms in total. The van der Waals surface area contributed by atoms with Crippen molar-refractivity contribution in [3.63, 3.8) is 0 Å². The third-order valence-corrected chi connectivity index (χ3v) is 14.9. The van der Waals surface area contributed by atoms with E-state index in [-0.39, 0.29) is 0 Å². The molecule has 0 spiro atoms. The summed E-state index contributed by atoms with van der Waals surface area (Å²) in [6.45, 7) is 0. The number of nitrogens with zero attached hydrogens (tertiary/aromatic N) is 2. The zero-order valence-corrected chi connectivity index (χ0v) is 37.3. The van der Waals surface area contributed by atoms with Crippen LogP contribution in [0.1, 0.15) is 87.2 Å². The van der Waals surface area contributed by atoms with Crippen LogP contribution in [0.5, 0.6) is 0 Å². The van der Waals surface area contributed by atoms with Crippen LogP contribution in [0.2, 0.25) is 0 Å². The molecule has 0 radical (unpaired) electrons. The second-order valence-electron chi connectivity index (χ2n) is 19.0. The van der Waals surface area contributed by atoms with E-state index in [9.17, 15) is 0 Å². The van der Waals surface area contributed by atoms with Crippen LogP contribution in [0, 0.1) is 0 Å². The van der Waals surface area contributed by atoms with Crippen LogP contribution in [0.25, 0.3) is 65.4 Å². The smallest absolute Gasteiger partial charge is 0.136 e. The minimum Gasteiger partial charge on any atom is -0.456 e. The summed E-state index contributed by atoms with van der Waals surface area (Å²) >= 11 is 0. The molecule has 2 heterocycles. The number of para-hydroxylation sites is 2. The first kappa shape index (κ1) is 39.1. The Hall–Kier alpha value is -7.30. The van der Waals surface area contributed by atoms with Crippen LogP contribution in [-0.4, -0.2) is 0 Å². The summed E-state index contributed by atoms with van der Waals surface area (Å²) in [5.74, 6) is 1.36. The first-order chi connectivity index (χ1) is 32.7. The van der Waals surface area contributed by atoms with Crippen molar-refractivity contribution in [3.05, 3.63) is 193 Å². The number of rotatable bonds is 8. The Balaban J connectivity index is 0.849. The van der Waals surface area contributed by atoms with Gasteiger partial charge in [0.1, 0.15) is 22.3 Å². The van der Waals surface area contributed by atoms with Gasteiger partial charge in [0.15, 0.2) is 0 Å². The van der Waals surface area contributed by atoms with Gasteiger partial charge in [0.05, 0.1) is 0 Å². The maximum Gasteiger partial charge on any atom is 0.136 e. The van der Waals surface area contributed by atoms with E-state index in [0.29, 0.717) is 11.8 Å². The van der Waals surface area contributed by atoms with Gasteiger partial charge >= 0.3 is 0 Å². The van der Waals surface area contributed by atoms with Crippen LogP contribution in [0.4, 0.5) is 34.1 Å². The average molecular weight is 857 g/mol. The second kappa shape index (κ2) is 16.3. The SMILES string of the molecule is c1ccc(N(c2ccc(C3CCCCC3)cc2)c2ccc3cc4c(cc3c2)oc2cc3c(cc24)oc2cc4cc(N(c5ccccc5)c5ccc(C6CCCCC6)cc5)ccc4cc23)cc1. The minimum absolute atomic E-state index is 0.679. The third-order valence-electron chi connectivity index (χ3n) is 14.9. The van der Waals surface area contributed by atoms with Crippen molar-refractivity contribution in [3.8, 4) is 0 Å². The molecule has 0 bridgehead atoms. The van der Waals surface area contributed by atoms with Crippen LogP contribution in [-0.2, 0) is 0 Å². The van der Waals surface area contributed by atoms with Gasteiger partial charge in [0.2, 0.25) is 0 Å². The van der Waals surface area contributed by atoms with E-state index in [1.54, 1.807) is 0 Å².